The highest BCUT2D eigenvalue weighted by atomic mass is 16.5. The minimum Gasteiger partial charge on any atom is -0.493 e. The molecule has 0 bridgehead atoms. The number of nitrogens with one attached hydrogen (secondary N) is 1. The van der Waals surface area contributed by atoms with E-state index in [0.29, 0.717) is 0 Å². The van der Waals surface area contributed by atoms with E-state index in [0.717, 1.165) is 48.7 Å². The van der Waals surface area contributed by atoms with E-state index in [4.69, 9.17) is 9.47 Å². The maximum atomic E-state index is 12.8. The van der Waals surface area contributed by atoms with Crippen LogP contribution in [0.2, 0.25) is 0 Å². The lowest BCUT2D eigenvalue weighted by Crippen LogP contribution is -2.45. The fourth-order valence-electron chi connectivity index (χ4n) is 3.36. The number of amides is 1. The Morgan fingerprint density at radius 1 is 1.15 bits per heavy atom. The average molecular weight is 354 g/mol. The predicted molar refractivity (Wildman–Crippen MR) is 103 cm³/mol. The minimum absolute atomic E-state index is 0.127. The number of nitrogens with zero attached hydrogens (tertiary/aromatic N) is 1. The number of benzene rings is 2. The van der Waals surface area contributed by atoms with Crippen molar-refractivity contribution >= 4 is 11.6 Å². The first-order chi connectivity index (χ1) is 12.6. The van der Waals surface area contributed by atoms with Crippen molar-refractivity contribution in [3.63, 3.8) is 0 Å². The zero-order valence-electron chi connectivity index (χ0n) is 15.6. The summed E-state index contributed by atoms with van der Waals surface area (Å²) < 4.78 is 10.6. The summed E-state index contributed by atoms with van der Waals surface area (Å²) in [6.45, 7) is 3.41. The monoisotopic (exact) mass is 354 g/mol. The Balaban J connectivity index is 1.55. The third-order valence-electron chi connectivity index (χ3n) is 4.84. The van der Waals surface area contributed by atoms with Gasteiger partial charge in [0.15, 0.2) is 11.5 Å². The summed E-state index contributed by atoms with van der Waals surface area (Å²) in [7, 11) is 3.26. The molecule has 0 radical (unpaired) electrons. The number of methoxy groups -OCH3 is 2. The molecule has 0 spiro atoms. The van der Waals surface area contributed by atoms with Crippen LogP contribution in [0.4, 0.5) is 5.69 Å². The number of fused-ring (bicyclic) bond motifs is 1. The molecule has 0 saturated carbocycles. The van der Waals surface area contributed by atoms with E-state index in [1.165, 1.54) is 5.56 Å². The van der Waals surface area contributed by atoms with Gasteiger partial charge in [0.25, 0.3) is 0 Å². The first kappa shape index (κ1) is 18.3. The van der Waals surface area contributed by atoms with Gasteiger partial charge in [-0.25, -0.2) is 0 Å². The van der Waals surface area contributed by atoms with Crippen molar-refractivity contribution in [1.82, 2.24) is 5.32 Å². The van der Waals surface area contributed by atoms with Crippen molar-refractivity contribution in [1.29, 1.82) is 0 Å². The van der Waals surface area contributed by atoms with Crippen LogP contribution >= 0.6 is 0 Å². The van der Waals surface area contributed by atoms with E-state index < -0.39 is 0 Å². The molecular weight excluding hydrogens is 328 g/mol. The molecular formula is C21H26N2O3. The van der Waals surface area contributed by atoms with Crippen molar-refractivity contribution in [2.75, 3.05) is 32.2 Å². The molecule has 1 aliphatic rings. The van der Waals surface area contributed by atoms with Crippen LogP contribution in [0.5, 0.6) is 11.5 Å². The highest BCUT2D eigenvalue weighted by Gasteiger charge is 2.27. The van der Waals surface area contributed by atoms with Crippen LogP contribution in [0, 0.1) is 0 Å². The Kier molecular flexibility index (Phi) is 5.78. The van der Waals surface area contributed by atoms with Gasteiger partial charge in [0.05, 0.1) is 20.3 Å². The van der Waals surface area contributed by atoms with Gasteiger partial charge in [-0.05, 0) is 55.6 Å². The van der Waals surface area contributed by atoms with Crippen LogP contribution in [0.15, 0.2) is 42.5 Å². The predicted octanol–water partition coefficient (Wildman–Crippen LogP) is 2.81. The van der Waals surface area contributed by atoms with E-state index in [2.05, 4.69) is 11.4 Å². The molecule has 0 aliphatic carbocycles. The summed E-state index contributed by atoms with van der Waals surface area (Å²) in [5, 5.41) is 3.34. The molecule has 1 aliphatic heterocycles. The molecule has 138 valence electrons. The third kappa shape index (κ3) is 3.83. The quantitative estimate of drug-likeness (QED) is 0.831. The first-order valence-corrected chi connectivity index (χ1v) is 8.97. The number of carbonyl (C=O) groups excluding carboxylic acids is 1. The zero-order valence-corrected chi connectivity index (χ0v) is 15.6. The summed E-state index contributed by atoms with van der Waals surface area (Å²) >= 11 is 0. The largest absolute Gasteiger partial charge is 0.493 e. The van der Waals surface area contributed by atoms with E-state index in [1.54, 1.807) is 14.2 Å². The third-order valence-corrected chi connectivity index (χ3v) is 4.84. The van der Waals surface area contributed by atoms with Gasteiger partial charge in [-0.2, -0.15) is 0 Å². The van der Waals surface area contributed by atoms with Gasteiger partial charge in [0.2, 0.25) is 5.91 Å². The lowest BCUT2D eigenvalue weighted by molar-refractivity contribution is -0.120. The standard InChI is InChI=1S/C21H26N2O3/c1-15(21(24)23-13-11-17-6-4-5-7-18(17)23)22-12-10-16-8-9-19(25-2)20(14-16)26-3/h4-9,14-15,22H,10-13H2,1-3H3/t15-/m1/s1. The molecule has 1 amide bonds. The Bertz CT molecular complexity index is 776. The summed E-state index contributed by atoms with van der Waals surface area (Å²) in [6.07, 6.45) is 1.74. The number of rotatable bonds is 7. The van der Waals surface area contributed by atoms with Crippen LogP contribution in [-0.2, 0) is 17.6 Å². The van der Waals surface area contributed by atoms with Gasteiger partial charge in [-0.3, -0.25) is 4.79 Å². The van der Waals surface area contributed by atoms with Crippen LogP contribution in [-0.4, -0.2) is 39.3 Å². The fraction of sp³-hybridized carbons (Fsp3) is 0.381. The van der Waals surface area contributed by atoms with Crippen molar-refractivity contribution in [2.24, 2.45) is 0 Å². The molecule has 0 unspecified atom stereocenters. The SMILES string of the molecule is COc1ccc(CCN[C@H](C)C(=O)N2CCc3ccccc32)cc1OC. The van der Waals surface area contributed by atoms with Crippen molar-refractivity contribution in [3.05, 3.63) is 53.6 Å². The van der Waals surface area contributed by atoms with E-state index >= 15 is 0 Å². The Morgan fingerprint density at radius 3 is 2.69 bits per heavy atom. The van der Waals surface area contributed by atoms with Gasteiger partial charge in [-0.1, -0.05) is 24.3 Å². The Labute approximate surface area is 154 Å². The number of para-hydroxylation sites is 1. The van der Waals surface area contributed by atoms with Crippen LogP contribution < -0.4 is 19.7 Å². The number of hydrogen-bond donors (Lipinski definition) is 1. The Morgan fingerprint density at radius 2 is 1.92 bits per heavy atom. The topological polar surface area (TPSA) is 50.8 Å². The second kappa shape index (κ2) is 8.23. The molecule has 0 saturated heterocycles. The minimum atomic E-state index is -0.221. The summed E-state index contributed by atoms with van der Waals surface area (Å²) in [6, 6.07) is 13.8. The lowest BCUT2D eigenvalue weighted by atomic mass is 10.1. The summed E-state index contributed by atoms with van der Waals surface area (Å²) in [5.41, 5.74) is 3.44. The fourth-order valence-corrected chi connectivity index (χ4v) is 3.36. The highest BCUT2D eigenvalue weighted by molar-refractivity contribution is 5.98. The smallest absolute Gasteiger partial charge is 0.243 e. The molecule has 3 rings (SSSR count). The van der Waals surface area contributed by atoms with Gasteiger partial charge >= 0.3 is 0 Å². The van der Waals surface area contributed by atoms with Crippen molar-refractivity contribution < 1.29 is 14.3 Å². The van der Waals surface area contributed by atoms with E-state index in [1.807, 2.05) is 48.2 Å². The van der Waals surface area contributed by atoms with Crippen LogP contribution in [0.25, 0.3) is 0 Å². The number of ether oxygens (including phenoxy) is 2. The molecule has 5 heteroatoms. The van der Waals surface area contributed by atoms with Crippen molar-refractivity contribution in [2.45, 2.75) is 25.8 Å². The summed E-state index contributed by atoms with van der Waals surface area (Å²) in [5.74, 6) is 1.57. The second-order valence-electron chi connectivity index (χ2n) is 6.48. The number of anilines is 1. The van der Waals surface area contributed by atoms with Crippen LogP contribution in [0.3, 0.4) is 0 Å². The van der Waals surface area contributed by atoms with Gasteiger partial charge in [0.1, 0.15) is 0 Å². The van der Waals surface area contributed by atoms with E-state index in [9.17, 15) is 4.79 Å². The Hall–Kier alpha value is -2.53. The second-order valence-corrected chi connectivity index (χ2v) is 6.48. The maximum Gasteiger partial charge on any atom is 0.243 e. The summed E-state index contributed by atoms with van der Waals surface area (Å²) in [4.78, 5) is 14.7. The zero-order chi connectivity index (χ0) is 18.5. The van der Waals surface area contributed by atoms with Crippen molar-refractivity contribution in [3.8, 4) is 11.5 Å². The molecule has 5 nitrogen and oxygen atoms in total. The average Bonchev–Trinajstić information content (AvgIpc) is 3.11. The maximum absolute atomic E-state index is 12.8. The normalized spacial score (nSPS) is 14.0. The number of carbonyl (C=O) groups is 1. The molecule has 1 heterocycles. The molecule has 1 atom stereocenters. The molecule has 2 aromatic rings. The van der Waals surface area contributed by atoms with Gasteiger partial charge in [0, 0.05) is 12.2 Å². The van der Waals surface area contributed by atoms with Crippen LogP contribution in [0.1, 0.15) is 18.1 Å². The highest BCUT2D eigenvalue weighted by Crippen LogP contribution is 2.28. The lowest BCUT2D eigenvalue weighted by Gasteiger charge is -2.22. The molecule has 2 aromatic carbocycles. The molecule has 26 heavy (non-hydrogen) atoms. The molecule has 1 N–H and O–H groups in total. The first-order valence-electron chi connectivity index (χ1n) is 8.97. The number of hydrogen-bond acceptors (Lipinski definition) is 4. The molecule has 0 fully saturated rings. The molecule has 0 aromatic heterocycles. The van der Waals surface area contributed by atoms with E-state index in [-0.39, 0.29) is 11.9 Å². The van der Waals surface area contributed by atoms with Gasteiger partial charge in [-0.15, -0.1) is 0 Å². The van der Waals surface area contributed by atoms with Gasteiger partial charge < -0.3 is 19.7 Å².